The Labute approximate surface area is 747 Å². The van der Waals surface area contributed by atoms with Crippen molar-refractivity contribution in [2.45, 2.75) is 324 Å². The van der Waals surface area contributed by atoms with Crippen molar-refractivity contribution >= 4 is 90.7 Å². The summed E-state index contributed by atoms with van der Waals surface area (Å²) in [5.41, 5.74) is 37.4. The molecule has 16 aliphatic rings. The number of hydrogen-bond donors (Lipinski definition) is 8. The fraction of sp³-hybridized carbons (Fsp3) is 0.667. The van der Waals surface area contributed by atoms with Crippen molar-refractivity contribution in [3.8, 4) is 0 Å². The molecule has 16 heterocycles. The first-order chi connectivity index (χ1) is 58.6. The Morgan fingerprint density at radius 2 is 0.383 bits per heavy atom. The van der Waals surface area contributed by atoms with Crippen LogP contribution in [0.4, 0.5) is 0 Å². The van der Waals surface area contributed by atoms with Crippen LogP contribution in [0.5, 0.6) is 0 Å². The molecule has 24 rings (SSSR count). The van der Waals surface area contributed by atoms with Gasteiger partial charge in [-0.2, -0.15) is 0 Å². The quantitative estimate of drug-likeness (QED) is 0.0569. The topological polar surface area (TPSA) is 226 Å². The number of nitrogens with two attached hydrogens (primary N) is 4. The largest absolute Gasteiger partial charge is 0.371 e. The maximum Gasteiger partial charge on any atom is 0.102 e. The van der Waals surface area contributed by atoms with E-state index in [0.717, 1.165) is 156 Å². The van der Waals surface area contributed by atoms with E-state index in [-0.39, 0.29) is 80.9 Å². The van der Waals surface area contributed by atoms with Crippen LogP contribution in [0, 0.1) is 0 Å². The number of fused-ring (bicyclic) bond motifs is 8. The highest BCUT2D eigenvalue weighted by molar-refractivity contribution is 7.12. The normalized spacial score (nSPS) is 28.6. The average molecular weight is 1790 g/mol. The summed E-state index contributed by atoms with van der Waals surface area (Å²) in [4.78, 5) is 12.1. The van der Waals surface area contributed by atoms with Gasteiger partial charge in [0.25, 0.3) is 0 Å². The average Bonchev–Trinajstić information content (AvgIpc) is 1.60. The molecule has 8 atom stereocenters. The number of rotatable bonds is 12. The summed E-state index contributed by atoms with van der Waals surface area (Å²) in [6.45, 7) is 6.94. The molecule has 12 N–H and O–H groups in total. The van der Waals surface area contributed by atoms with Gasteiger partial charge in [-0.15, -0.1) is 90.7 Å². The lowest BCUT2D eigenvalue weighted by Gasteiger charge is -2.48. The highest BCUT2D eigenvalue weighted by Crippen LogP contribution is 2.55. The Morgan fingerprint density at radius 1 is 0.217 bits per heavy atom. The molecule has 16 nitrogen and oxygen atoms in total. The number of nitrogens with one attached hydrogen (secondary N) is 4. The summed E-state index contributed by atoms with van der Waals surface area (Å²) >= 11 is 14.9. The van der Waals surface area contributed by atoms with Crippen molar-refractivity contribution in [3.05, 3.63) is 175 Å². The Bertz CT molecular complexity index is 4420. The maximum absolute atomic E-state index is 6.59. The third-order valence-corrected chi connectivity index (χ3v) is 38.2. The molecule has 8 aromatic heterocycles. The Morgan fingerprint density at radius 3 is 0.575 bits per heavy atom. The number of hydrogen-bond acceptors (Lipinski definition) is 24. The van der Waals surface area contributed by atoms with E-state index in [1.54, 1.807) is 4.88 Å². The lowest BCUT2D eigenvalue weighted by atomic mass is 9.70. The first-order valence-electron chi connectivity index (χ1n) is 45.9. The third kappa shape index (κ3) is 18.9. The lowest BCUT2D eigenvalue weighted by Crippen LogP contribution is -2.55. The monoisotopic (exact) mass is 1780 g/mol. The first kappa shape index (κ1) is 89.0. The van der Waals surface area contributed by atoms with Gasteiger partial charge in [0.05, 0.1) is 52.9 Å². The zero-order valence-electron chi connectivity index (χ0n) is 71.8. The predicted octanol–water partition coefficient (Wildman–Crippen LogP) is 20.5. The van der Waals surface area contributed by atoms with Gasteiger partial charge in [-0.1, -0.05) is 64.2 Å². The van der Waals surface area contributed by atoms with Crippen molar-refractivity contribution in [1.82, 2.24) is 21.3 Å². The van der Waals surface area contributed by atoms with Gasteiger partial charge in [0, 0.05) is 135 Å². The Kier molecular flexibility index (Phi) is 29.3. The van der Waals surface area contributed by atoms with E-state index in [1.165, 1.54) is 207 Å². The van der Waals surface area contributed by atoms with Crippen LogP contribution in [-0.4, -0.2) is 125 Å². The second-order valence-corrected chi connectivity index (χ2v) is 45.2. The molecule has 8 unspecified atom stereocenters. The zero-order valence-corrected chi connectivity index (χ0v) is 78.3. The van der Waals surface area contributed by atoms with E-state index < -0.39 is 0 Å². The molecular formula is C96H136N8O8S8. The van der Waals surface area contributed by atoms with Crippen molar-refractivity contribution in [1.29, 1.82) is 0 Å². The molecule has 8 aromatic rings. The minimum absolute atomic E-state index is 0.0315. The van der Waals surface area contributed by atoms with Crippen LogP contribution in [0.15, 0.2) is 91.6 Å². The van der Waals surface area contributed by atoms with Crippen LogP contribution in [0.25, 0.3) is 0 Å². The molecule has 0 bridgehead atoms. The molecule has 120 heavy (non-hydrogen) atoms. The Balaban J connectivity index is 0.0000000980. The van der Waals surface area contributed by atoms with E-state index in [9.17, 15) is 0 Å². The fourth-order valence-corrected chi connectivity index (χ4v) is 29.5. The SMILES string of the molecule is CNC1(C2OCCc3sccc32)CC1.CNC1(C2OCCc3sccc32)CCC1.CNC1(C2OCCc3sccc32)CCCC1.CNC1(C2OCCc3sccc32)CCCCC1.NC1(C2OCCc3sccc32)CC1.NC1(C2OCCc3sccc32)CCC1.NC1(C2OCCc3sccc32)CCCC1.NC1(C2OCCc3sccc32)CCCCC1. The van der Waals surface area contributed by atoms with Gasteiger partial charge in [-0.25, -0.2) is 0 Å². The molecule has 24 heteroatoms. The fourth-order valence-electron chi connectivity index (χ4n) is 22.4. The second-order valence-electron chi connectivity index (χ2n) is 37.2. The number of thiophene rings is 8. The van der Waals surface area contributed by atoms with Gasteiger partial charge in [-0.3, -0.25) is 0 Å². The summed E-state index contributed by atoms with van der Waals surface area (Å²) in [6, 6.07) is 17.8. The van der Waals surface area contributed by atoms with Crippen molar-refractivity contribution in [2.75, 3.05) is 81.0 Å². The molecule has 0 amide bonds. The molecule has 0 aromatic carbocycles. The van der Waals surface area contributed by atoms with E-state index in [4.69, 9.17) is 60.8 Å². The van der Waals surface area contributed by atoms with Crippen LogP contribution in [0.1, 0.15) is 312 Å². The molecule has 8 aliphatic heterocycles. The molecule has 0 spiro atoms. The van der Waals surface area contributed by atoms with Gasteiger partial charge in [0.2, 0.25) is 0 Å². The van der Waals surface area contributed by atoms with E-state index in [2.05, 4.69) is 141 Å². The van der Waals surface area contributed by atoms with Crippen LogP contribution < -0.4 is 44.2 Å². The lowest BCUT2D eigenvalue weighted by molar-refractivity contribution is -0.0549. The zero-order chi connectivity index (χ0) is 82.4. The van der Waals surface area contributed by atoms with Crippen LogP contribution in [-0.2, 0) is 89.3 Å². The highest BCUT2D eigenvalue weighted by Gasteiger charge is 2.54. The van der Waals surface area contributed by atoms with Crippen molar-refractivity contribution in [2.24, 2.45) is 22.9 Å². The van der Waals surface area contributed by atoms with Gasteiger partial charge in [0.15, 0.2) is 0 Å². The highest BCUT2D eigenvalue weighted by atomic mass is 32.1. The molecule has 656 valence electrons. The van der Waals surface area contributed by atoms with Gasteiger partial charge < -0.3 is 82.1 Å². The van der Waals surface area contributed by atoms with Crippen molar-refractivity contribution in [3.63, 3.8) is 0 Å². The van der Waals surface area contributed by atoms with E-state index in [1.807, 2.05) is 90.7 Å². The first-order valence-corrected chi connectivity index (χ1v) is 53.0. The minimum Gasteiger partial charge on any atom is -0.371 e. The van der Waals surface area contributed by atoms with E-state index in [0.29, 0.717) is 12.2 Å². The van der Waals surface area contributed by atoms with Gasteiger partial charge >= 0.3 is 0 Å². The molecule has 8 aliphatic carbocycles. The molecule has 8 fully saturated rings. The van der Waals surface area contributed by atoms with Gasteiger partial charge in [-0.05, 0) is 280 Å². The summed E-state index contributed by atoms with van der Waals surface area (Å²) < 4.78 is 47.7. The van der Waals surface area contributed by atoms with Crippen LogP contribution in [0.2, 0.25) is 0 Å². The van der Waals surface area contributed by atoms with Gasteiger partial charge in [0.1, 0.15) is 48.8 Å². The van der Waals surface area contributed by atoms with E-state index >= 15 is 0 Å². The summed E-state index contributed by atoms with van der Waals surface area (Å²) in [5, 5.41) is 31.6. The smallest absolute Gasteiger partial charge is 0.102 e. The van der Waals surface area contributed by atoms with Crippen LogP contribution >= 0.6 is 90.7 Å². The third-order valence-electron chi connectivity index (χ3n) is 30.2. The summed E-state index contributed by atoms with van der Waals surface area (Å²) in [5.74, 6) is 0. The maximum atomic E-state index is 6.59. The minimum atomic E-state index is -0.103. The number of likely N-dealkylation sites (N-methyl/N-ethyl adjacent to an activating group) is 4. The Hall–Kier alpha value is -3.04. The molecule has 0 saturated heterocycles. The standard InChI is InChI=1S/C14H21NOS.2C13H19NOS.2C12H17NOS.2C11H15NOS.C10H13NOS/c1-15-14(7-3-2-4-8-14)13-11-6-10-17-12(11)5-9-16-13;1-14-13(6-2-3-7-13)12-10-5-9-16-11(10)4-8-15-12;14-13(6-2-1-3-7-13)12-10-5-9-16-11(10)4-8-15-12;1-13-12(5-2-6-12)11-9-4-8-15-10(9)3-7-14-11;13-12(5-1-2-6-12)11-9-4-8-15-10(9)3-7-14-11;1-12-11(4-5-11)10-8-3-7-14-9(8)2-6-13-10;12-11(4-1-5-11)10-8-3-7-14-9(8)2-6-13-10;11-10(3-4-10)9-7-2-6-13-8(7)1-5-12-9/h6,10,13,15H,2-5,7-9H2,1H3;5,9,12,14H,2-4,6-8H2,1H3;5,9,12H,1-4,6-8,14H2;4,8,11,13H,2-3,5-7H2,1H3;4,8,11H,1-3,5-7,13H2;3,7,10,12H,2,4-6H2,1H3;3,7,10H,1-2,4-6,12H2;2,6,9H,1,3-5,11H2. The van der Waals surface area contributed by atoms with Crippen LogP contribution in [0.3, 0.4) is 0 Å². The van der Waals surface area contributed by atoms with Crippen molar-refractivity contribution < 1.29 is 37.9 Å². The molecule has 8 saturated carbocycles. The second kappa shape index (κ2) is 39.5. The predicted molar refractivity (Wildman–Crippen MR) is 498 cm³/mol. The molecule has 0 radical (unpaired) electrons. The molecular weight excluding hydrogens is 1650 g/mol. The summed E-state index contributed by atoms with van der Waals surface area (Å²) in [6.07, 6.45) is 45.2. The number of ether oxygens (including phenoxy) is 8. The summed E-state index contributed by atoms with van der Waals surface area (Å²) in [7, 11) is 8.32.